The third kappa shape index (κ3) is 4.77. The zero-order valence-corrected chi connectivity index (χ0v) is 18.2. The van der Waals surface area contributed by atoms with Crippen molar-refractivity contribution in [3.8, 4) is 0 Å². The van der Waals surface area contributed by atoms with E-state index in [0.717, 1.165) is 31.2 Å². The molecule has 2 aromatic carbocycles. The summed E-state index contributed by atoms with van der Waals surface area (Å²) in [6.07, 6.45) is 9.18. The summed E-state index contributed by atoms with van der Waals surface area (Å²) in [5.74, 6) is -0.518. The monoisotopic (exact) mass is 425 g/mol. The van der Waals surface area contributed by atoms with E-state index in [-0.39, 0.29) is 11.8 Å². The molecule has 4 nitrogen and oxygen atoms in total. The molecule has 0 heterocycles. The second kappa shape index (κ2) is 8.93. The van der Waals surface area contributed by atoms with Crippen LogP contribution >= 0.6 is 0 Å². The zero-order valence-electron chi connectivity index (χ0n) is 17.4. The molecular weight excluding hydrogens is 394 g/mol. The normalized spacial score (nSPS) is 20.1. The molecule has 1 unspecified atom stereocenters. The van der Waals surface area contributed by atoms with Gasteiger partial charge in [-0.2, -0.15) is 0 Å². The number of carbonyl (C=O) groups excluding carboxylic acids is 1. The van der Waals surface area contributed by atoms with Gasteiger partial charge in [-0.1, -0.05) is 73.5 Å². The maximum atomic E-state index is 13.3. The molecule has 160 valence electrons. The number of hydrogen-bond donors (Lipinski definition) is 1. The fourth-order valence-corrected chi connectivity index (χ4v) is 6.83. The van der Waals surface area contributed by atoms with Gasteiger partial charge in [-0.15, -0.1) is 0 Å². The van der Waals surface area contributed by atoms with E-state index in [1.54, 1.807) is 0 Å². The summed E-state index contributed by atoms with van der Waals surface area (Å²) >= 11 is 0. The molecule has 2 aromatic rings. The van der Waals surface area contributed by atoms with Crippen LogP contribution in [0.1, 0.15) is 67.7 Å². The summed E-state index contributed by atoms with van der Waals surface area (Å²) < 4.78 is 29.1. The minimum atomic E-state index is -3.85. The summed E-state index contributed by atoms with van der Waals surface area (Å²) in [5.41, 5.74) is 2.07. The Morgan fingerprint density at radius 2 is 1.47 bits per heavy atom. The summed E-state index contributed by atoms with van der Waals surface area (Å²) in [5, 5.41) is -0.796. The number of nitrogens with one attached hydrogen (secondary N) is 1. The van der Waals surface area contributed by atoms with Gasteiger partial charge in [0.25, 0.3) is 0 Å². The minimum absolute atomic E-state index is 0.195. The summed E-state index contributed by atoms with van der Waals surface area (Å²) in [7, 11) is -3.85. The van der Waals surface area contributed by atoms with Gasteiger partial charge in [-0.05, 0) is 61.5 Å². The lowest BCUT2D eigenvalue weighted by molar-refractivity contribution is -0.124. The molecule has 5 heteroatoms. The highest BCUT2D eigenvalue weighted by Crippen LogP contribution is 2.50. The van der Waals surface area contributed by atoms with E-state index in [2.05, 4.69) is 4.72 Å². The first-order chi connectivity index (χ1) is 14.5. The number of rotatable bonds is 6. The topological polar surface area (TPSA) is 63.2 Å². The first-order valence-electron chi connectivity index (χ1n) is 11.1. The number of amides is 1. The van der Waals surface area contributed by atoms with Crippen molar-refractivity contribution in [1.29, 1.82) is 0 Å². The van der Waals surface area contributed by atoms with Gasteiger partial charge in [0.1, 0.15) is 5.25 Å². The Balaban J connectivity index is 1.48. The minimum Gasteiger partial charge on any atom is -0.274 e. The van der Waals surface area contributed by atoms with Crippen LogP contribution in [0.3, 0.4) is 0 Å². The Morgan fingerprint density at radius 3 is 2.07 bits per heavy atom. The fourth-order valence-electron chi connectivity index (χ4n) is 5.31. The molecular formula is C25H31NO3S. The standard InChI is InChI=1S/C25H31NO3S/c27-24(22-13-17-25(18-14-22)15-7-8-16-25)26-30(28,29)23(21-11-5-2-6-12-21)19-20-9-3-1-4-10-20/h1-6,9-12,22-23H,7-8,13-19H2,(H,26,27). The molecule has 2 saturated carbocycles. The number of hydrogen-bond acceptors (Lipinski definition) is 3. The van der Waals surface area contributed by atoms with Crippen molar-refractivity contribution < 1.29 is 13.2 Å². The summed E-state index contributed by atoms with van der Waals surface area (Å²) in [6.45, 7) is 0. The lowest BCUT2D eigenvalue weighted by atomic mass is 9.69. The van der Waals surface area contributed by atoms with E-state index < -0.39 is 15.3 Å². The van der Waals surface area contributed by atoms with Crippen molar-refractivity contribution >= 4 is 15.9 Å². The van der Waals surface area contributed by atoms with Crippen LogP contribution in [0.4, 0.5) is 0 Å². The maximum Gasteiger partial charge on any atom is 0.242 e. The first-order valence-corrected chi connectivity index (χ1v) is 12.7. The molecule has 4 rings (SSSR count). The Kier molecular flexibility index (Phi) is 6.28. The molecule has 0 aliphatic heterocycles. The van der Waals surface area contributed by atoms with Gasteiger partial charge < -0.3 is 0 Å². The Labute approximate surface area is 180 Å². The average Bonchev–Trinajstić information content (AvgIpc) is 3.21. The molecule has 30 heavy (non-hydrogen) atoms. The Hall–Kier alpha value is -2.14. The van der Waals surface area contributed by atoms with E-state index in [1.807, 2.05) is 60.7 Å². The maximum absolute atomic E-state index is 13.3. The first kappa shape index (κ1) is 21.1. The van der Waals surface area contributed by atoms with Crippen LogP contribution in [0.2, 0.25) is 0 Å². The lowest BCUT2D eigenvalue weighted by Gasteiger charge is -2.36. The highest BCUT2D eigenvalue weighted by molar-refractivity contribution is 7.90. The predicted octanol–water partition coefficient (Wildman–Crippen LogP) is 5.17. The average molecular weight is 426 g/mol. The van der Waals surface area contributed by atoms with Crippen LogP contribution in [0.15, 0.2) is 60.7 Å². The Bertz CT molecular complexity index is 940. The molecule has 0 saturated heterocycles. The third-order valence-corrected chi connectivity index (χ3v) is 8.81. The van der Waals surface area contributed by atoms with Crippen LogP contribution in [-0.2, 0) is 21.2 Å². The molecule has 1 spiro atoms. The van der Waals surface area contributed by atoms with Crippen molar-refractivity contribution in [1.82, 2.24) is 4.72 Å². The van der Waals surface area contributed by atoms with Gasteiger partial charge in [-0.25, -0.2) is 8.42 Å². The third-order valence-electron chi connectivity index (χ3n) is 7.13. The van der Waals surface area contributed by atoms with Crippen molar-refractivity contribution in [3.05, 3.63) is 71.8 Å². The second-order valence-corrected chi connectivity index (χ2v) is 10.9. The number of carbonyl (C=O) groups is 1. The molecule has 0 aromatic heterocycles. The van der Waals surface area contributed by atoms with Crippen molar-refractivity contribution in [3.63, 3.8) is 0 Å². The quantitative estimate of drug-likeness (QED) is 0.695. The van der Waals surface area contributed by atoms with Crippen LogP contribution in [0, 0.1) is 11.3 Å². The van der Waals surface area contributed by atoms with Gasteiger partial charge in [0.15, 0.2) is 0 Å². The lowest BCUT2D eigenvalue weighted by Crippen LogP contribution is -2.41. The van der Waals surface area contributed by atoms with Crippen LogP contribution < -0.4 is 4.72 Å². The predicted molar refractivity (Wildman–Crippen MR) is 119 cm³/mol. The molecule has 0 bridgehead atoms. The van der Waals surface area contributed by atoms with Crippen molar-refractivity contribution in [2.75, 3.05) is 0 Å². The zero-order chi connectivity index (χ0) is 21.0. The van der Waals surface area contributed by atoms with Crippen molar-refractivity contribution in [2.45, 2.75) is 63.0 Å². The van der Waals surface area contributed by atoms with Gasteiger partial charge in [0.2, 0.25) is 15.9 Å². The number of sulfonamides is 1. The van der Waals surface area contributed by atoms with Gasteiger partial charge in [-0.3, -0.25) is 9.52 Å². The smallest absolute Gasteiger partial charge is 0.242 e. The van der Waals surface area contributed by atoms with Crippen LogP contribution in [0.25, 0.3) is 0 Å². The molecule has 1 N–H and O–H groups in total. The van der Waals surface area contributed by atoms with E-state index in [4.69, 9.17) is 0 Å². The molecule has 0 radical (unpaired) electrons. The van der Waals surface area contributed by atoms with E-state index in [1.165, 1.54) is 25.7 Å². The SMILES string of the molecule is O=C(NS(=O)(=O)C(Cc1ccccc1)c1ccccc1)C1CCC2(CCCC2)CC1. The van der Waals surface area contributed by atoms with E-state index in [0.29, 0.717) is 17.4 Å². The van der Waals surface area contributed by atoms with Crippen LogP contribution in [-0.4, -0.2) is 14.3 Å². The summed E-state index contributed by atoms with van der Waals surface area (Å²) in [6, 6.07) is 18.8. The molecule has 1 amide bonds. The van der Waals surface area contributed by atoms with E-state index in [9.17, 15) is 13.2 Å². The van der Waals surface area contributed by atoms with Gasteiger partial charge >= 0.3 is 0 Å². The second-order valence-electron chi connectivity index (χ2n) is 9.08. The largest absolute Gasteiger partial charge is 0.274 e. The molecule has 2 aliphatic rings. The number of benzene rings is 2. The Morgan fingerprint density at radius 1 is 0.900 bits per heavy atom. The highest BCUT2D eigenvalue weighted by atomic mass is 32.2. The fraction of sp³-hybridized carbons (Fsp3) is 0.480. The molecule has 2 fully saturated rings. The molecule has 1 atom stereocenters. The van der Waals surface area contributed by atoms with Gasteiger partial charge in [0.05, 0.1) is 0 Å². The van der Waals surface area contributed by atoms with Gasteiger partial charge in [0, 0.05) is 5.92 Å². The van der Waals surface area contributed by atoms with Crippen molar-refractivity contribution in [2.24, 2.45) is 11.3 Å². The molecule has 2 aliphatic carbocycles. The van der Waals surface area contributed by atoms with Crippen LogP contribution in [0.5, 0.6) is 0 Å². The summed E-state index contributed by atoms with van der Waals surface area (Å²) in [4.78, 5) is 12.9. The highest BCUT2D eigenvalue weighted by Gasteiger charge is 2.40. The van der Waals surface area contributed by atoms with E-state index >= 15 is 0 Å².